The summed E-state index contributed by atoms with van der Waals surface area (Å²) in [6, 6.07) is 8.87. The summed E-state index contributed by atoms with van der Waals surface area (Å²) in [7, 11) is 0. The number of fused-ring (bicyclic) bond motifs is 1. The zero-order valence-corrected chi connectivity index (χ0v) is 22.0. The van der Waals surface area contributed by atoms with Crippen LogP contribution in [0.1, 0.15) is 41.8 Å². The fourth-order valence-corrected chi connectivity index (χ4v) is 6.59. The second-order valence-electron chi connectivity index (χ2n) is 10.6. The molecule has 3 N–H and O–H groups in total. The molecular weight excluding hydrogens is 520 g/mol. The molecule has 2 aromatic heterocycles. The van der Waals surface area contributed by atoms with Crippen LogP contribution in [-0.4, -0.2) is 50.4 Å². The Balaban J connectivity index is 1.44. The highest BCUT2D eigenvalue weighted by atomic mass is 32.1. The van der Waals surface area contributed by atoms with Gasteiger partial charge in [-0.25, -0.2) is 13.6 Å². The normalized spacial score (nSPS) is 18.6. The third-order valence-corrected chi connectivity index (χ3v) is 8.85. The highest BCUT2D eigenvalue weighted by Gasteiger charge is 2.35. The molecular formula is C29H27F2N5O2S. The highest BCUT2D eigenvalue weighted by Crippen LogP contribution is 2.43. The number of nitrogens with two attached hydrogens (primary N) is 1. The molecule has 0 spiro atoms. The average molecular weight is 548 g/mol. The smallest absolute Gasteiger partial charge is 0.264 e. The lowest BCUT2D eigenvalue weighted by molar-refractivity contribution is -0.0496. The van der Waals surface area contributed by atoms with Gasteiger partial charge < -0.3 is 15.7 Å². The van der Waals surface area contributed by atoms with Crippen molar-refractivity contribution in [3.8, 4) is 21.6 Å². The number of rotatable bonds is 5. The fourth-order valence-electron chi connectivity index (χ4n) is 5.42. The van der Waals surface area contributed by atoms with E-state index >= 15 is 4.39 Å². The number of hydrogen-bond acceptors (Lipinski definition) is 5. The van der Waals surface area contributed by atoms with Crippen LogP contribution in [0.5, 0.6) is 0 Å². The van der Waals surface area contributed by atoms with E-state index in [1.54, 1.807) is 34.0 Å². The van der Waals surface area contributed by atoms with Gasteiger partial charge in [0.05, 0.1) is 29.1 Å². The predicted molar refractivity (Wildman–Crippen MR) is 147 cm³/mol. The largest absolute Gasteiger partial charge is 0.388 e. The SMILES string of the molecule is [C-]#[N+]c1ccc(-c2cc(C(=O)N3CCC[C@@H](N)C3)sc2-c2cc3cn(CC4(O)CCC4)nc3cc2F)cc1F. The summed E-state index contributed by atoms with van der Waals surface area (Å²) in [5, 5.41) is 15.7. The Hall–Kier alpha value is -3.65. The number of benzene rings is 2. The number of piperidine rings is 1. The summed E-state index contributed by atoms with van der Waals surface area (Å²) >= 11 is 1.16. The first-order chi connectivity index (χ1) is 18.7. The molecule has 200 valence electrons. The Kier molecular flexibility index (Phi) is 6.46. The summed E-state index contributed by atoms with van der Waals surface area (Å²) in [6.45, 7) is 8.54. The molecule has 1 saturated carbocycles. The highest BCUT2D eigenvalue weighted by molar-refractivity contribution is 7.18. The Morgan fingerprint density at radius 3 is 2.69 bits per heavy atom. The number of amides is 1. The molecule has 1 amide bonds. The second-order valence-corrected chi connectivity index (χ2v) is 11.6. The molecule has 3 heterocycles. The number of hydrogen-bond donors (Lipinski definition) is 2. The van der Waals surface area contributed by atoms with E-state index < -0.39 is 17.2 Å². The number of thiophene rings is 1. The summed E-state index contributed by atoms with van der Waals surface area (Å²) < 4.78 is 31.9. The van der Waals surface area contributed by atoms with E-state index in [-0.39, 0.29) is 23.2 Å². The topological polar surface area (TPSA) is 88.7 Å². The minimum absolute atomic E-state index is 0.0914. The molecule has 0 unspecified atom stereocenters. The molecule has 0 radical (unpaired) electrons. The number of aliphatic hydroxyl groups is 1. The van der Waals surface area contributed by atoms with Crippen molar-refractivity contribution in [1.82, 2.24) is 14.7 Å². The van der Waals surface area contributed by atoms with Crippen molar-refractivity contribution in [2.75, 3.05) is 13.1 Å². The first-order valence-electron chi connectivity index (χ1n) is 13.0. The van der Waals surface area contributed by atoms with Crippen molar-refractivity contribution in [3.05, 3.63) is 70.5 Å². The summed E-state index contributed by atoms with van der Waals surface area (Å²) in [6.07, 6.45) is 5.84. The van der Waals surface area contributed by atoms with E-state index in [4.69, 9.17) is 12.3 Å². The molecule has 2 aromatic carbocycles. The van der Waals surface area contributed by atoms with Gasteiger partial charge in [-0.15, -0.1) is 11.3 Å². The van der Waals surface area contributed by atoms with E-state index in [0.717, 1.165) is 30.6 Å². The van der Waals surface area contributed by atoms with E-state index in [0.29, 0.717) is 64.3 Å². The third kappa shape index (κ3) is 4.82. The van der Waals surface area contributed by atoms with Crippen LogP contribution in [-0.2, 0) is 6.54 Å². The first-order valence-corrected chi connectivity index (χ1v) is 13.8. The summed E-state index contributed by atoms with van der Waals surface area (Å²) in [5.41, 5.74) is 6.90. The molecule has 1 aliphatic carbocycles. The van der Waals surface area contributed by atoms with E-state index in [1.807, 2.05) is 0 Å². The first kappa shape index (κ1) is 25.6. The van der Waals surface area contributed by atoms with Crippen LogP contribution in [0.4, 0.5) is 14.5 Å². The maximum atomic E-state index is 15.6. The molecule has 2 aliphatic rings. The summed E-state index contributed by atoms with van der Waals surface area (Å²) in [4.78, 5) is 19.2. The summed E-state index contributed by atoms with van der Waals surface area (Å²) in [5.74, 6) is -1.39. The van der Waals surface area contributed by atoms with E-state index in [9.17, 15) is 14.3 Å². The number of nitrogens with zero attached hydrogens (tertiary/aromatic N) is 4. The van der Waals surface area contributed by atoms with Crippen LogP contribution < -0.4 is 5.73 Å². The van der Waals surface area contributed by atoms with Crippen LogP contribution in [0.2, 0.25) is 0 Å². The van der Waals surface area contributed by atoms with Gasteiger partial charge in [-0.1, -0.05) is 12.1 Å². The molecule has 1 saturated heterocycles. The van der Waals surface area contributed by atoms with Gasteiger partial charge in [0.2, 0.25) is 5.69 Å². The van der Waals surface area contributed by atoms with E-state index in [1.165, 1.54) is 18.2 Å². The Morgan fingerprint density at radius 2 is 2.00 bits per heavy atom. The van der Waals surface area contributed by atoms with Crippen molar-refractivity contribution >= 4 is 33.8 Å². The van der Waals surface area contributed by atoms with Crippen LogP contribution in [0.15, 0.2) is 42.6 Å². The minimum Gasteiger partial charge on any atom is -0.388 e. The van der Waals surface area contributed by atoms with Crippen LogP contribution in [0.3, 0.4) is 0 Å². The molecule has 4 aromatic rings. The van der Waals surface area contributed by atoms with Crippen molar-refractivity contribution in [2.24, 2.45) is 5.73 Å². The molecule has 2 fully saturated rings. The van der Waals surface area contributed by atoms with Gasteiger partial charge in [0.15, 0.2) is 0 Å². The Morgan fingerprint density at radius 1 is 1.18 bits per heavy atom. The maximum Gasteiger partial charge on any atom is 0.264 e. The zero-order chi connectivity index (χ0) is 27.3. The van der Waals surface area contributed by atoms with E-state index in [2.05, 4.69) is 9.94 Å². The van der Waals surface area contributed by atoms with Crippen LogP contribution >= 0.6 is 11.3 Å². The lowest BCUT2D eigenvalue weighted by Gasteiger charge is -2.36. The van der Waals surface area contributed by atoms with Gasteiger partial charge in [-0.2, -0.15) is 5.10 Å². The van der Waals surface area contributed by atoms with Crippen LogP contribution in [0.25, 0.3) is 37.3 Å². The Labute approximate surface area is 228 Å². The van der Waals surface area contributed by atoms with Crippen molar-refractivity contribution in [3.63, 3.8) is 0 Å². The zero-order valence-electron chi connectivity index (χ0n) is 21.2. The van der Waals surface area contributed by atoms with Crippen molar-refractivity contribution in [1.29, 1.82) is 0 Å². The third-order valence-electron chi connectivity index (χ3n) is 7.69. The van der Waals surface area contributed by atoms with Gasteiger partial charge >= 0.3 is 0 Å². The lowest BCUT2D eigenvalue weighted by Crippen LogP contribution is -2.45. The molecule has 1 atom stereocenters. The molecule has 1 aliphatic heterocycles. The quantitative estimate of drug-likeness (QED) is 0.312. The van der Waals surface area contributed by atoms with Crippen molar-refractivity contribution < 1.29 is 18.7 Å². The number of carbonyl (C=O) groups is 1. The number of carbonyl (C=O) groups excluding carboxylic acids is 1. The van der Waals surface area contributed by atoms with Gasteiger partial charge in [-0.05, 0) is 55.9 Å². The Bertz CT molecular complexity index is 1630. The molecule has 7 nitrogen and oxygen atoms in total. The van der Waals surface area contributed by atoms with Gasteiger partial charge in [0, 0.05) is 52.8 Å². The standard InChI is InChI=1S/C29H27F2N5O2S/c1-33-24-6-5-17(11-23(24)31)20-12-26(28(37)35-9-2-4-19(32)15-35)39-27(20)21-10-18-14-36(16-29(38)7-3-8-29)34-25(18)13-22(21)30/h5-6,10-14,19,38H,2-4,7-9,15-16,32H2/t19-/m1/s1. The molecule has 6 rings (SSSR count). The minimum atomic E-state index is -0.780. The molecule has 39 heavy (non-hydrogen) atoms. The second kappa shape index (κ2) is 9.83. The number of halogens is 2. The fraction of sp³-hybridized carbons (Fsp3) is 0.345. The molecule has 0 bridgehead atoms. The average Bonchev–Trinajstić information content (AvgIpc) is 3.50. The van der Waals surface area contributed by atoms with Crippen LogP contribution in [0, 0.1) is 18.2 Å². The lowest BCUT2D eigenvalue weighted by atomic mass is 9.80. The number of likely N-dealkylation sites (tertiary alicyclic amines) is 1. The van der Waals surface area contributed by atoms with Crippen molar-refractivity contribution in [2.45, 2.75) is 50.3 Å². The van der Waals surface area contributed by atoms with Gasteiger partial charge in [0.25, 0.3) is 5.91 Å². The maximum absolute atomic E-state index is 15.6. The predicted octanol–water partition coefficient (Wildman–Crippen LogP) is 5.74. The molecule has 10 heteroatoms. The number of aromatic nitrogens is 2. The van der Waals surface area contributed by atoms with Gasteiger partial charge in [0.1, 0.15) is 11.6 Å². The monoisotopic (exact) mass is 547 g/mol. The van der Waals surface area contributed by atoms with Gasteiger partial charge in [-0.3, -0.25) is 9.48 Å².